The summed E-state index contributed by atoms with van der Waals surface area (Å²) in [5.74, 6) is 1.69. The van der Waals surface area contributed by atoms with Crippen LogP contribution in [0.5, 0.6) is 5.75 Å². The minimum absolute atomic E-state index is 0.0584. The van der Waals surface area contributed by atoms with Crippen molar-refractivity contribution < 1.29 is 9.84 Å². The Morgan fingerprint density at radius 1 is 0.971 bits per heavy atom. The van der Waals surface area contributed by atoms with Gasteiger partial charge in [-0.3, -0.25) is 0 Å². The summed E-state index contributed by atoms with van der Waals surface area (Å²) in [6, 6.07) is 13.4. The van der Waals surface area contributed by atoms with Gasteiger partial charge in [-0.15, -0.1) is 10.2 Å². The lowest BCUT2D eigenvalue weighted by molar-refractivity contribution is 0.134. The van der Waals surface area contributed by atoms with E-state index in [1.54, 1.807) is 13.8 Å². The standard InChI is InChI=1S/C29H40N4O2/c1-7-29(8-2,24-13-12-23(21(3)19-24)16-17-28(5,6)34)25-14-15-26(22(4)20-25)35-18-10-9-11-27-30-32-33-31-27/h12-17,19-20,34H,7-11,18H2,1-6H3,(H,30,31,32,33). The lowest BCUT2D eigenvalue weighted by atomic mass is 9.70. The second kappa shape index (κ2) is 11.6. The van der Waals surface area contributed by atoms with E-state index < -0.39 is 5.60 Å². The predicted octanol–water partition coefficient (Wildman–Crippen LogP) is 6.11. The summed E-state index contributed by atoms with van der Waals surface area (Å²) in [5, 5.41) is 24.1. The second-order valence-corrected chi connectivity index (χ2v) is 9.96. The second-order valence-electron chi connectivity index (χ2n) is 9.96. The third kappa shape index (κ3) is 6.79. The number of ether oxygens (including phenoxy) is 1. The molecule has 1 aromatic heterocycles. The molecule has 1 heterocycles. The van der Waals surface area contributed by atoms with Gasteiger partial charge >= 0.3 is 0 Å². The number of rotatable bonds is 12. The Morgan fingerprint density at radius 2 is 1.66 bits per heavy atom. The Bertz CT molecular complexity index is 1110. The maximum absolute atomic E-state index is 10.0. The molecule has 3 rings (SSSR count). The first-order valence-corrected chi connectivity index (χ1v) is 12.7. The molecule has 2 N–H and O–H groups in total. The summed E-state index contributed by atoms with van der Waals surface area (Å²) in [7, 11) is 0. The number of aromatic nitrogens is 4. The van der Waals surface area contributed by atoms with Crippen LogP contribution < -0.4 is 4.74 Å². The van der Waals surface area contributed by atoms with E-state index >= 15 is 0 Å². The van der Waals surface area contributed by atoms with Crippen molar-refractivity contribution in [2.45, 2.75) is 84.7 Å². The molecule has 0 saturated carbocycles. The van der Waals surface area contributed by atoms with Crippen LogP contribution in [0.25, 0.3) is 6.08 Å². The van der Waals surface area contributed by atoms with Gasteiger partial charge in [0.2, 0.25) is 0 Å². The number of aromatic amines is 1. The van der Waals surface area contributed by atoms with Crippen LogP contribution in [0.2, 0.25) is 0 Å². The summed E-state index contributed by atoms with van der Waals surface area (Å²) >= 11 is 0. The molecule has 6 nitrogen and oxygen atoms in total. The highest BCUT2D eigenvalue weighted by atomic mass is 16.5. The number of H-pyrrole nitrogens is 1. The highest BCUT2D eigenvalue weighted by Gasteiger charge is 2.31. The van der Waals surface area contributed by atoms with Crippen molar-refractivity contribution in [1.29, 1.82) is 0 Å². The largest absolute Gasteiger partial charge is 0.493 e. The molecule has 0 aliphatic heterocycles. The van der Waals surface area contributed by atoms with Gasteiger partial charge in [0.25, 0.3) is 0 Å². The van der Waals surface area contributed by atoms with Crippen molar-refractivity contribution in [2.75, 3.05) is 6.61 Å². The normalized spacial score (nSPS) is 12.4. The summed E-state index contributed by atoms with van der Waals surface area (Å²) < 4.78 is 6.09. The number of nitrogens with one attached hydrogen (secondary N) is 1. The molecule has 2 aromatic carbocycles. The number of hydrogen-bond donors (Lipinski definition) is 2. The number of benzene rings is 2. The third-order valence-corrected chi connectivity index (χ3v) is 6.87. The van der Waals surface area contributed by atoms with Crippen LogP contribution in [0.15, 0.2) is 42.5 Å². The van der Waals surface area contributed by atoms with Gasteiger partial charge < -0.3 is 9.84 Å². The molecule has 0 unspecified atom stereocenters. The lowest BCUT2D eigenvalue weighted by Crippen LogP contribution is -2.26. The van der Waals surface area contributed by atoms with Crippen LogP contribution in [-0.4, -0.2) is 37.9 Å². The van der Waals surface area contributed by atoms with Gasteiger partial charge in [-0.25, -0.2) is 0 Å². The number of unbranched alkanes of at least 4 members (excludes halogenated alkanes) is 1. The van der Waals surface area contributed by atoms with Crippen LogP contribution in [0.1, 0.15) is 87.0 Å². The van der Waals surface area contributed by atoms with Gasteiger partial charge in [-0.1, -0.05) is 61.5 Å². The lowest BCUT2D eigenvalue weighted by Gasteiger charge is -2.34. The number of hydrogen-bond acceptors (Lipinski definition) is 5. The first kappa shape index (κ1) is 26.6. The minimum Gasteiger partial charge on any atom is -0.493 e. The zero-order valence-electron chi connectivity index (χ0n) is 22.1. The van der Waals surface area contributed by atoms with E-state index in [-0.39, 0.29) is 5.41 Å². The Morgan fingerprint density at radius 3 is 2.23 bits per heavy atom. The molecule has 0 amide bonds. The van der Waals surface area contributed by atoms with Gasteiger partial charge in [0.1, 0.15) is 5.75 Å². The van der Waals surface area contributed by atoms with Crippen LogP contribution in [-0.2, 0) is 11.8 Å². The average Bonchev–Trinajstić information content (AvgIpc) is 3.33. The topological polar surface area (TPSA) is 83.9 Å². The molecule has 0 spiro atoms. The van der Waals surface area contributed by atoms with Crippen molar-refractivity contribution in [1.82, 2.24) is 20.6 Å². The Kier molecular flexibility index (Phi) is 8.84. The van der Waals surface area contributed by atoms with Crippen LogP contribution >= 0.6 is 0 Å². The van der Waals surface area contributed by atoms with E-state index in [4.69, 9.17) is 4.74 Å². The zero-order valence-corrected chi connectivity index (χ0v) is 22.1. The fraction of sp³-hybridized carbons (Fsp3) is 0.483. The SMILES string of the molecule is CCC(CC)(c1ccc(C=CC(C)(C)O)c(C)c1)c1ccc(OCCCCc2nn[nH]n2)c(C)c1. The molecule has 0 aliphatic rings. The molecule has 0 fully saturated rings. The fourth-order valence-electron chi connectivity index (χ4n) is 4.65. The van der Waals surface area contributed by atoms with Crippen LogP contribution in [0.3, 0.4) is 0 Å². The highest BCUT2D eigenvalue weighted by molar-refractivity contribution is 5.57. The molecular weight excluding hydrogens is 436 g/mol. The average molecular weight is 477 g/mol. The van der Waals surface area contributed by atoms with Gasteiger partial charge in [0, 0.05) is 11.8 Å². The maximum atomic E-state index is 10.0. The molecule has 6 heteroatoms. The Hall–Kier alpha value is -2.99. The van der Waals surface area contributed by atoms with E-state index in [9.17, 15) is 5.11 Å². The van der Waals surface area contributed by atoms with Crippen LogP contribution in [0, 0.1) is 13.8 Å². The molecule has 3 aromatic rings. The number of aryl methyl sites for hydroxylation is 3. The summed E-state index contributed by atoms with van der Waals surface area (Å²) in [4.78, 5) is 0. The van der Waals surface area contributed by atoms with Gasteiger partial charge in [-0.2, -0.15) is 5.21 Å². The van der Waals surface area contributed by atoms with Gasteiger partial charge in [0.05, 0.1) is 12.2 Å². The molecule has 188 valence electrons. The Labute approximate surface area is 209 Å². The molecule has 0 atom stereocenters. The molecule has 35 heavy (non-hydrogen) atoms. The number of tetrazole rings is 1. The predicted molar refractivity (Wildman–Crippen MR) is 142 cm³/mol. The van der Waals surface area contributed by atoms with Crippen molar-refractivity contribution in [3.63, 3.8) is 0 Å². The Balaban J connectivity index is 1.74. The van der Waals surface area contributed by atoms with Gasteiger partial charge in [0.15, 0.2) is 5.82 Å². The van der Waals surface area contributed by atoms with Crippen molar-refractivity contribution in [3.05, 3.63) is 76.1 Å². The van der Waals surface area contributed by atoms with Crippen molar-refractivity contribution in [3.8, 4) is 5.75 Å². The smallest absolute Gasteiger partial charge is 0.174 e. The molecule has 0 bridgehead atoms. The van der Waals surface area contributed by atoms with E-state index in [1.165, 1.54) is 16.7 Å². The quantitative estimate of drug-likeness (QED) is 0.308. The van der Waals surface area contributed by atoms with E-state index in [1.807, 2.05) is 12.2 Å². The van der Waals surface area contributed by atoms with E-state index in [0.717, 1.165) is 54.8 Å². The molecular formula is C29H40N4O2. The zero-order chi connectivity index (χ0) is 25.5. The summed E-state index contributed by atoms with van der Waals surface area (Å²) in [6.45, 7) is 13.1. The van der Waals surface area contributed by atoms with Gasteiger partial charge in [-0.05, 0) is 87.3 Å². The summed E-state index contributed by atoms with van der Waals surface area (Å²) in [5.41, 5.74) is 5.28. The first-order chi connectivity index (χ1) is 16.7. The molecule has 0 radical (unpaired) electrons. The van der Waals surface area contributed by atoms with Crippen molar-refractivity contribution >= 4 is 6.08 Å². The fourth-order valence-corrected chi connectivity index (χ4v) is 4.65. The van der Waals surface area contributed by atoms with Crippen LogP contribution in [0.4, 0.5) is 0 Å². The summed E-state index contributed by atoms with van der Waals surface area (Å²) in [6.07, 6.45) is 8.59. The van der Waals surface area contributed by atoms with Crippen molar-refractivity contribution in [2.24, 2.45) is 0 Å². The van der Waals surface area contributed by atoms with E-state index in [2.05, 4.69) is 84.7 Å². The number of aliphatic hydroxyl groups is 1. The highest BCUT2D eigenvalue weighted by Crippen LogP contribution is 2.41. The monoisotopic (exact) mass is 476 g/mol. The van der Waals surface area contributed by atoms with E-state index in [0.29, 0.717) is 6.61 Å². The maximum Gasteiger partial charge on any atom is 0.174 e. The number of nitrogens with zero attached hydrogens (tertiary/aromatic N) is 3. The molecule has 0 saturated heterocycles. The first-order valence-electron chi connectivity index (χ1n) is 12.7. The minimum atomic E-state index is -0.822. The molecule has 0 aliphatic carbocycles. The third-order valence-electron chi connectivity index (χ3n) is 6.87.